The van der Waals surface area contributed by atoms with Crippen LogP contribution >= 0.6 is 0 Å². The van der Waals surface area contributed by atoms with Crippen LogP contribution in [0.2, 0.25) is 0 Å². The summed E-state index contributed by atoms with van der Waals surface area (Å²) in [6, 6.07) is 38.6. The van der Waals surface area contributed by atoms with Crippen LogP contribution in [0.1, 0.15) is 22.6 Å². The second-order valence-corrected chi connectivity index (χ2v) is 8.04. The Balaban J connectivity index is 1.58. The van der Waals surface area contributed by atoms with E-state index in [0.29, 0.717) is 17.6 Å². The first-order valence-electron chi connectivity index (χ1n) is 11.2. The zero-order valence-electron chi connectivity index (χ0n) is 18.2. The number of fused-ring (bicyclic) bond motifs is 1. The topological polar surface area (TPSA) is 30.2 Å². The van der Waals surface area contributed by atoms with Crippen LogP contribution < -0.4 is 5.63 Å². The van der Waals surface area contributed by atoms with E-state index in [1.54, 1.807) is 0 Å². The SMILES string of the molecule is O=c1oc(-c2ccccc2)c(C/C=C/C(c2ccccc2)c2ccccc2)c2ccccc12. The van der Waals surface area contributed by atoms with Crippen LogP contribution in [0.25, 0.3) is 22.1 Å². The molecule has 0 atom stereocenters. The second-order valence-electron chi connectivity index (χ2n) is 8.04. The molecule has 2 heteroatoms. The van der Waals surface area contributed by atoms with E-state index in [9.17, 15) is 4.79 Å². The van der Waals surface area contributed by atoms with Crippen LogP contribution in [0.15, 0.2) is 137 Å². The number of hydrogen-bond donors (Lipinski definition) is 0. The normalized spacial score (nSPS) is 11.4. The Labute approximate surface area is 193 Å². The Morgan fingerprint density at radius 3 is 1.76 bits per heavy atom. The summed E-state index contributed by atoms with van der Waals surface area (Å²) in [5.74, 6) is 0.787. The van der Waals surface area contributed by atoms with Gasteiger partial charge in [0.05, 0.1) is 5.39 Å². The molecule has 1 aromatic heterocycles. The van der Waals surface area contributed by atoms with E-state index in [1.807, 2.05) is 66.7 Å². The van der Waals surface area contributed by atoms with Crippen LogP contribution in [0.3, 0.4) is 0 Å². The minimum absolute atomic E-state index is 0.148. The summed E-state index contributed by atoms with van der Waals surface area (Å²) in [7, 11) is 0. The van der Waals surface area contributed by atoms with Gasteiger partial charge >= 0.3 is 5.63 Å². The van der Waals surface area contributed by atoms with E-state index in [2.05, 4.69) is 60.7 Å². The van der Waals surface area contributed by atoms with Gasteiger partial charge in [0.2, 0.25) is 0 Å². The van der Waals surface area contributed by atoms with Crippen molar-refractivity contribution in [1.82, 2.24) is 0 Å². The van der Waals surface area contributed by atoms with Gasteiger partial charge in [0.15, 0.2) is 0 Å². The molecule has 0 radical (unpaired) electrons. The van der Waals surface area contributed by atoms with Gasteiger partial charge in [-0.2, -0.15) is 0 Å². The summed E-state index contributed by atoms with van der Waals surface area (Å²) >= 11 is 0. The molecule has 0 spiro atoms. The molecule has 33 heavy (non-hydrogen) atoms. The quantitative estimate of drug-likeness (QED) is 0.264. The lowest BCUT2D eigenvalue weighted by molar-refractivity contribution is 0.530. The van der Waals surface area contributed by atoms with Crippen LogP contribution in [0, 0.1) is 0 Å². The largest absolute Gasteiger partial charge is 0.422 e. The third-order valence-electron chi connectivity index (χ3n) is 5.94. The van der Waals surface area contributed by atoms with Crippen molar-refractivity contribution < 1.29 is 4.42 Å². The van der Waals surface area contributed by atoms with Crippen molar-refractivity contribution in [3.8, 4) is 11.3 Å². The molecule has 5 aromatic rings. The predicted octanol–water partition coefficient (Wildman–Crippen LogP) is 7.39. The maximum Gasteiger partial charge on any atom is 0.344 e. The fraction of sp³-hybridized carbons (Fsp3) is 0.0645. The van der Waals surface area contributed by atoms with Crippen molar-refractivity contribution in [3.63, 3.8) is 0 Å². The van der Waals surface area contributed by atoms with E-state index in [1.165, 1.54) is 11.1 Å². The van der Waals surface area contributed by atoms with E-state index in [4.69, 9.17) is 4.42 Å². The fourth-order valence-corrected chi connectivity index (χ4v) is 4.34. The molecule has 0 unspecified atom stereocenters. The average molecular weight is 429 g/mol. The number of allylic oxidation sites excluding steroid dienone is 2. The van der Waals surface area contributed by atoms with Gasteiger partial charge in [-0.1, -0.05) is 121 Å². The maximum absolute atomic E-state index is 12.7. The molecule has 160 valence electrons. The molecule has 5 rings (SSSR count). The smallest absolute Gasteiger partial charge is 0.344 e. The highest BCUT2D eigenvalue weighted by Gasteiger charge is 2.15. The van der Waals surface area contributed by atoms with Gasteiger partial charge in [-0.15, -0.1) is 0 Å². The zero-order chi connectivity index (χ0) is 22.5. The lowest BCUT2D eigenvalue weighted by Crippen LogP contribution is -2.04. The fourth-order valence-electron chi connectivity index (χ4n) is 4.34. The zero-order valence-corrected chi connectivity index (χ0v) is 18.2. The van der Waals surface area contributed by atoms with Gasteiger partial charge in [0.1, 0.15) is 5.76 Å². The first-order chi connectivity index (χ1) is 16.3. The number of benzene rings is 4. The monoisotopic (exact) mass is 428 g/mol. The summed E-state index contributed by atoms with van der Waals surface area (Å²) in [4.78, 5) is 12.7. The number of hydrogen-bond acceptors (Lipinski definition) is 2. The highest BCUT2D eigenvalue weighted by molar-refractivity contribution is 5.88. The maximum atomic E-state index is 12.7. The molecule has 0 fully saturated rings. The predicted molar refractivity (Wildman–Crippen MR) is 135 cm³/mol. The Morgan fingerprint density at radius 2 is 1.15 bits per heavy atom. The summed E-state index contributed by atoms with van der Waals surface area (Å²) in [6.07, 6.45) is 5.10. The van der Waals surface area contributed by atoms with Gasteiger partial charge in [-0.25, -0.2) is 4.79 Å². The van der Waals surface area contributed by atoms with Crippen molar-refractivity contribution in [2.24, 2.45) is 0 Å². The van der Waals surface area contributed by atoms with Crippen molar-refractivity contribution >= 4 is 10.8 Å². The summed E-state index contributed by atoms with van der Waals surface area (Å²) in [5.41, 5.74) is 4.11. The molecule has 0 amide bonds. The lowest BCUT2D eigenvalue weighted by Gasteiger charge is -2.15. The molecular weight excluding hydrogens is 404 g/mol. The Hall–Kier alpha value is -4.17. The van der Waals surface area contributed by atoms with Crippen LogP contribution in [0.4, 0.5) is 0 Å². The lowest BCUT2D eigenvalue weighted by atomic mass is 9.90. The molecule has 0 bridgehead atoms. The molecule has 0 N–H and O–H groups in total. The van der Waals surface area contributed by atoms with Gasteiger partial charge < -0.3 is 4.42 Å². The van der Waals surface area contributed by atoms with Gasteiger partial charge in [0, 0.05) is 17.0 Å². The van der Waals surface area contributed by atoms with E-state index < -0.39 is 0 Å². The summed E-state index contributed by atoms with van der Waals surface area (Å²) in [5, 5.41) is 1.55. The molecule has 1 heterocycles. The van der Waals surface area contributed by atoms with Crippen molar-refractivity contribution in [3.05, 3.63) is 155 Å². The summed E-state index contributed by atoms with van der Waals surface area (Å²) < 4.78 is 5.85. The van der Waals surface area contributed by atoms with E-state index >= 15 is 0 Å². The third kappa shape index (κ3) is 4.42. The third-order valence-corrected chi connectivity index (χ3v) is 5.94. The molecule has 0 saturated carbocycles. The van der Waals surface area contributed by atoms with E-state index in [-0.39, 0.29) is 11.5 Å². The molecule has 0 aliphatic rings. The second kappa shape index (κ2) is 9.54. The van der Waals surface area contributed by atoms with Gasteiger partial charge in [-0.3, -0.25) is 0 Å². The molecular formula is C31H24O2. The van der Waals surface area contributed by atoms with Crippen molar-refractivity contribution in [2.75, 3.05) is 0 Å². The minimum atomic E-state index is -0.302. The number of rotatable bonds is 6. The molecule has 0 saturated heterocycles. The Morgan fingerprint density at radius 1 is 0.636 bits per heavy atom. The molecule has 0 aliphatic heterocycles. The van der Waals surface area contributed by atoms with Gasteiger partial charge in [0.25, 0.3) is 0 Å². The van der Waals surface area contributed by atoms with Crippen LogP contribution in [-0.2, 0) is 6.42 Å². The van der Waals surface area contributed by atoms with Gasteiger partial charge in [-0.05, 0) is 29.0 Å². The summed E-state index contributed by atoms with van der Waals surface area (Å²) in [6.45, 7) is 0. The molecule has 2 nitrogen and oxygen atoms in total. The first kappa shape index (κ1) is 20.7. The van der Waals surface area contributed by atoms with Crippen LogP contribution in [-0.4, -0.2) is 0 Å². The Bertz CT molecular complexity index is 1390. The van der Waals surface area contributed by atoms with E-state index in [0.717, 1.165) is 16.5 Å². The highest BCUT2D eigenvalue weighted by atomic mass is 16.4. The molecule has 4 aromatic carbocycles. The highest BCUT2D eigenvalue weighted by Crippen LogP contribution is 2.30. The standard InChI is InChI=1S/C31H24O2/c32-31-29-20-11-10-19-27(29)28(30(33-31)25-17-8-3-9-18-25)22-12-21-26(23-13-4-1-5-14-23)24-15-6-2-7-16-24/h1-21,26H,22H2/b21-12+. The minimum Gasteiger partial charge on any atom is -0.422 e. The van der Waals surface area contributed by atoms with Crippen LogP contribution in [0.5, 0.6) is 0 Å². The molecule has 0 aliphatic carbocycles. The first-order valence-corrected chi connectivity index (χ1v) is 11.2. The van der Waals surface area contributed by atoms with Crippen molar-refractivity contribution in [2.45, 2.75) is 12.3 Å². The Kier molecular flexibility index (Phi) is 5.99. The average Bonchev–Trinajstić information content (AvgIpc) is 2.89. The van der Waals surface area contributed by atoms with Crippen molar-refractivity contribution in [1.29, 1.82) is 0 Å².